The third-order valence-corrected chi connectivity index (χ3v) is 4.62. The number of carbonyl (C=O) groups excluding carboxylic acids is 1. The second-order valence-electron chi connectivity index (χ2n) is 5.42. The van der Waals surface area contributed by atoms with Crippen LogP contribution in [0.5, 0.6) is 11.5 Å². The number of halogens is 1. The lowest BCUT2D eigenvalue weighted by Crippen LogP contribution is -2.12. The highest BCUT2D eigenvalue weighted by molar-refractivity contribution is 7.14. The van der Waals surface area contributed by atoms with Gasteiger partial charge < -0.3 is 20.1 Å². The van der Waals surface area contributed by atoms with Crippen molar-refractivity contribution in [2.75, 3.05) is 24.4 Å². The number of rotatable bonds is 7. The topological polar surface area (TPSA) is 72.5 Å². The molecule has 0 bridgehead atoms. The van der Waals surface area contributed by atoms with E-state index in [2.05, 4.69) is 15.6 Å². The maximum atomic E-state index is 12.4. The first-order valence-electron chi connectivity index (χ1n) is 8.19. The lowest BCUT2D eigenvalue weighted by atomic mass is 10.3. The van der Waals surface area contributed by atoms with Crippen LogP contribution in [0.4, 0.5) is 16.5 Å². The Morgan fingerprint density at radius 1 is 1.19 bits per heavy atom. The molecule has 27 heavy (non-hydrogen) atoms. The van der Waals surface area contributed by atoms with E-state index >= 15 is 0 Å². The number of nitrogens with one attached hydrogen (secondary N) is 2. The van der Waals surface area contributed by atoms with Crippen LogP contribution in [0, 0.1) is 0 Å². The van der Waals surface area contributed by atoms with Gasteiger partial charge in [0, 0.05) is 16.8 Å². The van der Waals surface area contributed by atoms with E-state index in [0.717, 1.165) is 11.4 Å². The van der Waals surface area contributed by atoms with Crippen LogP contribution in [0.1, 0.15) is 17.4 Å². The fourth-order valence-electron chi connectivity index (χ4n) is 2.30. The Labute approximate surface area is 166 Å². The second-order valence-corrected chi connectivity index (χ2v) is 6.69. The number of ether oxygens (including phenoxy) is 2. The summed E-state index contributed by atoms with van der Waals surface area (Å²) in [6.07, 6.45) is 0. The summed E-state index contributed by atoms with van der Waals surface area (Å²) in [5.41, 5.74) is 1.75. The smallest absolute Gasteiger partial charge is 0.275 e. The van der Waals surface area contributed by atoms with Crippen LogP contribution in [0.2, 0.25) is 5.02 Å². The number of hydrogen-bond donors (Lipinski definition) is 2. The van der Waals surface area contributed by atoms with Crippen LogP contribution in [0.25, 0.3) is 0 Å². The molecule has 6 nitrogen and oxygen atoms in total. The van der Waals surface area contributed by atoms with Crippen molar-refractivity contribution in [3.05, 3.63) is 58.6 Å². The minimum atomic E-state index is -0.313. The molecule has 8 heteroatoms. The molecular weight excluding hydrogens is 386 g/mol. The fraction of sp³-hybridized carbons (Fsp3) is 0.158. The highest BCUT2D eigenvalue weighted by Gasteiger charge is 2.12. The van der Waals surface area contributed by atoms with E-state index in [-0.39, 0.29) is 5.91 Å². The predicted octanol–water partition coefficient (Wildman–Crippen LogP) is 5.20. The number of hydrogen-bond acceptors (Lipinski definition) is 6. The van der Waals surface area contributed by atoms with Crippen molar-refractivity contribution in [3.8, 4) is 11.5 Å². The zero-order valence-corrected chi connectivity index (χ0v) is 16.4. The Morgan fingerprint density at radius 2 is 1.93 bits per heavy atom. The maximum Gasteiger partial charge on any atom is 0.275 e. The first kappa shape index (κ1) is 19.0. The summed E-state index contributed by atoms with van der Waals surface area (Å²) in [6, 6.07) is 12.6. The highest BCUT2D eigenvalue weighted by atomic mass is 35.5. The number of methoxy groups -OCH3 is 1. The van der Waals surface area contributed by atoms with Gasteiger partial charge in [-0.15, -0.1) is 11.3 Å². The third-order valence-electron chi connectivity index (χ3n) is 3.56. The van der Waals surface area contributed by atoms with Crippen LogP contribution in [0.3, 0.4) is 0 Å². The molecule has 3 aromatic rings. The Hall–Kier alpha value is -2.77. The van der Waals surface area contributed by atoms with Crippen molar-refractivity contribution < 1.29 is 14.3 Å². The number of benzene rings is 2. The number of anilines is 3. The third kappa shape index (κ3) is 4.90. The Morgan fingerprint density at radius 3 is 2.59 bits per heavy atom. The minimum Gasteiger partial charge on any atom is -0.495 e. The van der Waals surface area contributed by atoms with E-state index in [1.165, 1.54) is 18.4 Å². The summed E-state index contributed by atoms with van der Waals surface area (Å²) in [5.74, 6) is 1.04. The van der Waals surface area contributed by atoms with Gasteiger partial charge in [-0.25, -0.2) is 4.98 Å². The number of thiazole rings is 1. The summed E-state index contributed by atoms with van der Waals surface area (Å²) >= 11 is 7.42. The Balaban J connectivity index is 1.64. The monoisotopic (exact) mass is 403 g/mol. The lowest BCUT2D eigenvalue weighted by Gasteiger charge is -2.07. The van der Waals surface area contributed by atoms with E-state index in [4.69, 9.17) is 21.1 Å². The molecule has 140 valence electrons. The van der Waals surface area contributed by atoms with Crippen molar-refractivity contribution in [2.24, 2.45) is 0 Å². The zero-order valence-electron chi connectivity index (χ0n) is 14.8. The van der Waals surface area contributed by atoms with Gasteiger partial charge in [0.05, 0.1) is 18.7 Å². The molecule has 3 rings (SSSR count). The Kier molecular flexibility index (Phi) is 6.16. The summed E-state index contributed by atoms with van der Waals surface area (Å²) in [4.78, 5) is 16.7. The van der Waals surface area contributed by atoms with Crippen molar-refractivity contribution in [3.63, 3.8) is 0 Å². The van der Waals surface area contributed by atoms with E-state index in [0.29, 0.717) is 33.9 Å². The summed E-state index contributed by atoms with van der Waals surface area (Å²) < 4.78 is 10.5. The van der Waals surface area contributed by atoms with Gasteiger partial charge in [0.25, 0.3) is 5.91 Å². The maximum absolute atomic E-state index is 12.4. The summed E-state index contributed by atoms with van der Waals surface area (Å²) in [7, 11) is 1.54. The molecule has 0 atom stereocenters. The van der Waals surface area contributed by atoms with E-state index in [9.17, 15) is 4.79 Å². The first-order chi connectivity index (χ1) is 13.1. The predicted molar refractivity (Wildman–Crippen MR) is 109 cm³/mol. The van der Waals surface area contributed by atoms with Crippen LogP contribution in [0.15, 0.2) is 47.8 Å². The highest BCUT2D eigenvalue weighted by Crippen LogP contribution is 2.28. The Bertz CT molecular complexity index is 928. The molecule has 1 amide bonds. The molecule has 0 saturated heterocycles. The molecular formula is C19H18ClN3O3S. The second kappa shape index (κ2) is 8.75. The molecule has 1 heterocycles. The molecule has 0 saturated carbocycles. The van der Waals surface area contributed by atoms with Gasteiger partial charge in [-0.1, -0.05) is 11.6 Å². The van der Waals surface area contributed by atoms with Gasteiger partial charge in [-0.3, -0.25) is 4.79 Å². The standard InChI is InChI=1S/C19H18ClN3O3S/c1-3-26-14-7-4-12(5-8-14)22-19-23-16(11-27-19)18(24)21-13-6-9-17(25-2)15(20)10-13/h4-11H,3H2,1-2H3,(H,21,24)(H,22,23). The van der Waals surface area contributed by atoms with Crippen LogP contribution >= 0.6 is 22.9 Å². The zero-order chi connectivity index (χ0) is 19.2. The van der Waals surface area contributed by atoms with Crippen molar-refractivity contribution in [1.82, 2.24) is 4.98 Å². The number of carbonyl (C=O) groups is 1. The average Bonchev–Trinajstić information content (AvgIpc) is 3.12. The molecule has 1 aromatic heterocycles. The van der Waals surface area contributed by atoms with Crippen LogP contribution in [-0.4, -0.2) is 24.6 Å². The van der Waals surface area contributed by atoms with Gasteiger partial charge in [-0.2, -0.15) is 0 Å². The minimum absolute atomic E-state index is 0.313. The van der Waals surface area contributed by atoms with Gasteiger partial charge in [-0.05, 0) is 49.4 Å². The molecule has 2 N–H and O–H groups in total. The largest absolute Gasteiger partial charge is 0.495 e. The molecule has 0 aliphatic rings. The van der Waals surface area contributed by atoms with E-state index < -0.39 is 0 Å². The quantitative estimate of drug-likeness (QED) is 0.567. The number of amides is 1. The SMILES string of the molecule is CCOc1ccc(Nc2nc(C(=O)Nc3ccc(OC)c(Cl)c3)cs2)cc1. The van der Waals surface area contributed by atoms with Crippen molar-refractivity contribution in [1.29, 1.82) is 0 Å². The average molecular weight is 404 g/mol. The normalized spacial score (nSPS) is 10.3. The molecule has 0 fully saturated rings. The molecule has 0 radical (unpaired) electrons. The van der Waals surface area contributed by atoms with Crippen LogP contribution < -0.4 is 20.1 Å². The molecule has 0 aliphatic carbocycles. The number of aromatic nitrogens is 1. The molecule has 0 spiro atoms. The lowest BCUT2D eigenvalue weighted by molar-refractivity contribution is 0.102. The van der Waals surface area contributed by atoms with Gasteiger partial charge in [0.1, 0.15) is 17.2 Å². The first-order valence-corrected chi connectivity index (χ1v) is 9.45. The fourth-order valence-corrected chi connectivity index (χ4v) is 3.27. The summed E-state index contributed by atoms with van der Waals surface area (Å²) in [6.45, 7) is 2.56. The molecule has 0 aliphatic heterocycles. The number of nitrogens with zero attached hydrogens (tertiary/aromatic N) is 1. The van der Waals surface area contributed by atoms with E-state index in [1.807, 2.05) is 31.2 Å². The molecule has 2 aromatic carbocycles. The summed E-state index contributed by atoms with van der Waals surface area (Å²) in [5, 5.41) is 8.68. The van der Waals surface area contributed by atoms with E-state index in [1.54, 1.807) is 23.6 Å². The van der Waals surface area contributed by atoms with Gasteiger partial charge in [0.15, 0.2) is 5.13 Å². The van der Waals surface area contributed by atoms with Gasteiger partial charge in [0.2, 0.25) is 0 Å². The van der Waals surface area contributed by atoms with Crippen molar-refractivity contribution in [2.45, 2.75) is 6.92 Å². The van der Waals surface area contributed by atoms with Crippen molar-refractivity contribution >= 4 is 45.4 Å². The van der Waals surface area contributed by atoms with Crippen LogP contribution in [-0.2, 0) is 0 Å². The van der Waals surface area contributed by atoms with Gasteiger partial charge >= 0.3 is 0 Å². The molecule has 0 unspecified atom stereocenters.